The Hall–Kier alpha value is -0.420. The van der Waals surface area contributed by atoms with E-state index in [1.165, 1.54) is 5.56 Å². The topological polar surface area (TPSA) is 41.5 Å². The van der Waals surface area contributed by atoms with Crippen molar-refractivity contribution in [3.8, 4) is 0 Å². The summed E-state index contributed by atoms with van der Waals surface area (Å²) in [6.45, 7) is 3.55. The molecule has 0 aromatic heterocycles. The molecule has 1 aromatic rings. The highest BCUT2D eigenvalue weighted by molar-refractivity contribution is 9.10. The highest BCUT2D eigenvalue weighted by Crippen LogP contribution is 2.31. The maximum absolute atomic E-state index is 9.16. The van der Waals surface area contributed by atoms with E-state index in [1.54, 1.807) is 0 Å². The highest BCUT2D eigenvalue weighted by atomic mass is 79.9. The van der Waals surface area contributed by atoms with Gasteiger partial charge < -0.3 is 15.2 Å². The summed E-state index contributed by atoms with van der Waals surface area (Å²) in [4.78, 5) is 0. The average molecular weight is 314 g/mol. The van der Waals surface area contributed by atoms with Crippen LogP contribution in [-0.4, -0.2) is 31.5 Å². The molecule has 1 heterocycles. The monoisotopic (exact) mass is 313 g/mol. The number of benzene rings is 1. The zero-order chi connectivity index (χ0) is 12.8. The van der Waals surface area contributed by atoms with Crippen molar-refractivity contribution >= 4 is 15.9 Å². The fourth-order valence-corrected chi connectivity index (χ4v) is 2.84. The Labute approximate surface area is 117 Å². The minimum absolute atomic E-state index is 0.121. The number of halogens is 1. The SMILES string of the molecule is OCCC1(CNCc2ccccc2Br)CCOC1. The molecule has 2 N–H and O–H groups in total. The van der Waals surface area contributed by atoms with Crippen LogP contribution >= 0.6 is 15.9 Å². The van der Waals surface area contributed by atoms with E-state index in [1.807, 2.05) is 12.1 Å². The van der Waals surface area contributed by atoms with Gasteiger partial charge in [0.1, 0.15) is 0 Å². The molecule has 1 aliphatic heterocycles. The van der Waals surface area contributed by atoms with Crippen molar-refractivity contribution < 1.29 is 9.84 Å². The molecule has 1 aromatic carbocycles. The number of hydrogen-bond acceptors (Lipinski definition) is 3. The molecule has 1 saturated heterocycles. The Balaban J connectivity index is 1.85. The van der Waals surface area contributed by atoms with Gasteiger partial charge in [0.2, 0.25) is 0 Å². The van der Waals surface area contributed by atoms with E-state index in [0.717, 1.165) is 43.6 Å². The number of ether oxygens (including phenoxy) is 1. The van der Waals surface area contributed by atoms with E-state index >= 15 is 0 Å². The Kier molecular flexibility index (Phi) is 5.18. The maximum atomic E-state index is 9.16. The second-order valence-corrected chi connectivity index (χ2v) is 5.83. The molecule has 0 bridgehead atoms. The maximum Gasteiger partial charge on any atom is 0.0536 e. The van der Waals surface area contributed by atoms with Gasteiger partial charge in [-0.2, -0.15) is 0 Å². The molecule has 100 valence electrons. The van der Waals surface area contributed by atoms with Gasteiger partial charge in [0.05, 0.1) is 6.61 Å². The van der Waals surface area contributed by atoms with Crippen molar-refractivity contribution in [2.75, 3.05) is 26.4 Å². The van der Waals surface area contributed by atoms with Gasteiger partial charge in [0, 0.05) is 36.2 Å². The first kappa shape index (κ1) is 14.0. The molecule has 1 fully saturated rings. The van der Waals surface area contributed by atoms with Crippen LogP contribution in [0.25, 0.3) is 0 Å². The number of nitrogens with one attached hydrogen (secondary N) is 1. The summed E-state index contributed by atoms with van der Waals surface area (Å²) < 4.78 is 6.61. The minimum atomic E-state index is 0.121. The molecule has 0 spiro atoms. The predicted octanol–water partition coefficient (Wildman–Crippen LogP) is 2.33. The average Bonchev–Trinajstić information content (AvgIpc) is 2.81. The van der Waals surface area contributed by atoms with Crippen LogP contribution in [0.2, 0.25) is 0 Å². The smallest absolute Gasteiger partial charge is 0.0536 e. The molecule has 1 atom stereocenters. The number of aliphatic hydroxyl groups excluding tert-OH is 1. The molecule has 0 radical (unpaired) electrons. The number of hydrogen-bond donors (Lipinski definition) is 2. The van der Waals surface area contributed by atoms with Gasteiger partial charge >= 0.3 is 0 Å². The van der Waals surface area contributed by atoms with Crippen molar-refractivity contribution in [2.24, 2.45) is 5.41 Å². The van der Waals surface area contributed by atoms with E-state index < -0.39 is 0 Å². The Morgan fingerprint density at radius 2 is 2.22 bits per heavy atom. The molecule has 3 nitrogen and oxygen atoms in total. The lowest BCUT2D eigenvalue weighted by Crippen LogP contribution is -2.35. The van der Waals surface area contributed by atoms with Gasteiger partial charge in [0.15, 0.2) is 0 Å². The van der Waals surface area contributed by atoms with E-state index in [2.05, 4.69) is 33.4 Å². The van der Waals surface area contributed by atoms with Gasteiger partial charge in [-0.15, -0.1) is 0 Å². The second kappa shape index (κ2) is 6.66. The quantitative estimate of drug-likeness (QED) is 0.847. The lowest BCUT2D eigenvalue weighted by molar-refractivity contribution is 0.124. The van der Waals surface area contributed by atoms with Crippen molar-refractivity contribution in [2.45, 2.75) is 19.4 Å². The summed E-state index contributed by atoms with van der Waals surface area (Å²) in [7, 11) is 0. The van der Waals surface area contributed by atoms with Crippen molar-refractivity contribution in [1.82, 2.24) is 5.32 Å². The Morgan fingerprint density at radius 1 is 1.39 bits per heavy atom. The molecule has 2 rings (SSSR count). The van der Waals surface area contributed by atoms with Crippen LogP contribution in [0.15, 0.2) is 28.7 Å². The standard InChI is InChI=1S/C14H20BrNO2/c15-13-4-2-1-3-12(13)9-16-10-14(5-7-17)6-8-18-11-14/h1-4,16-17H,5-11H2. The fourth-order valence-electron chi connectivity index (χ4n) is 2.42. The van der Waals surface area contributed by atoms with Gasteiger partial charge in [-0.05, 0) is 24.5 Å². The molecule has 18 heavy (non-hydrogen) atoms. The summed E-state index contributed by atoms with van der Waals surface area (Å²) in [5, 5.41) is 12.7. The van der Waals surface area contributed by atoms with Crippen LogP contribution in [-0.2, 0) is 11.3 Å². The third kappa shape index (κ3) is 3.54. The molecular weight excluding hydrogens is 294 g/mol. The van der Waals surface area contributed by atoms with Crippen LogP contribution in [0.1, 0.15) is 18.4 Å². The van der Waals surface area contributed by atoms with E-state index in [-0.39, 0.29) is 12.0 Å². The first-order valence-corrected chi connectivity index (χ1v) is 7.18. The van der Waals surface area contributed by atoms with E-state index in [9.17, 15) is 0 Å². The van der Waals surface area contributed by atoms with Crippen LogP contribution in [0.4, 0.5) is 0 Å². The largest absolute Gasteiger partial charge is 0.396 e. The summed E-state index contributed by atoms with van der Waals surface area (Å²) >= 11 is 3.55. The first-order chi connectivity index (χ1) is 8.76. The molecule has 0 amide bonds. The number of rotatable bonds is 6. The predicted molar refractivity (Wildman–Crippen MR) is 75.4 cm³/mol. The highest BCUT2D eigenvalue weighted by Gasteiger charge is 2.33. The summed E-state index contributed by atoms with van der Waals surface area (Å²) in [5.41, 5.74) is 1.38. The van der Waals surface area contributed by atoms with Crippen LogP contribution in [0.5, 0.6) is 0 Å². The van der Waals surface area contributed by atoms with Gasteiger partial charge in [-0.25, -0.2) is 0 Å². The van der Waals surface area contributed by atoms with Gasteiger partial charge in [-0.3, -0.25) is 0 Å². The molecule has 1 unspecified atom stereocenters. The molecule has 0 aliphatic carbocycles. The summed E-state index contributed by atoms with van der Waals surface area (Å²) in [5.74, 6) is 0. The molecule has 0 saturated carbocycles. The molecule has 4 heteroatoms. The Bertz CT molecular complexity index is 378. The van der Waals surface area contributed by atoms with Crippen molar-refractivity contribution in [3.63, 3.8) is 0 Å². The zero-order valence-corrected chi connectivity index (χ0v) is 12.1. The van der Waals surface area contributed by atoms with Gasteiger partial charge in [0.25, 0.3) is 0 Å². The minimum Gasteiger partial charge on any atom is -0.396 e. The third-order valence-electron chi connectivity index (χ3n) is 3.60. The number of aliphatic hydroxyl groups is 1. The van der Waals surface area contributed by atoms with Crippen LogP contribution in [0, 0.1) is 5.41 Å². The lowest BCUT2D eigenvalue weighted by atomic mass is 9.84. The normalized spacial score (nSPS) is 23.4. The summed E-state index contributed by atoms with van der Waals surface area (Å²) in [6, 6.07) is 8.23. The van der Waals surface area contributed by atoms with Gasteiger partial charge in [-0.1, -0.05) is 34.1 Å². The van der Waals surface area contributed by atoms with Crippen LogP contribution < -0.4 is 5.32 Å². The second-order valence-electron chi connectivity index (χ2n) is 4.97. The van der Waals surface area contributed by atoms with Crippen molar-refractivity contribution in [3.05, 3.63) is 34.3 Å². The van der Waals surface area contributed by atoms with Crippen LogP contribution in [0.3, 0.4) is 0 Å². The zero-order valence-electron chi connectivity index (χ0n) is 10.5. The molecule has 1 aliphatic rings. The van der Waals surface area contributed by atoms with Crippen molar-refractivity contribution in [1.29, 1.82) is 0 Å². The fraction of sp³-hybridized carbons (Fsp3) is 0.571. The molecular formula is C14H20BrNO2. The Morgan fingerprint density at radius 3 is 2.89 bits per heavy atom. The third-order valence-corrected chi connectivity index (χ3v) is 4.37. The van der Waals surface area contributed by atoms with E-state index in [4.69, 9.17) is 9.84 Å². The van der Waals surface area contributed by atoms with E-state index in [0.29, 0.717) is 0 Å². The lowest BCUT2D eigenvalue weighted by Gasteiger charge is -2.27. The first-order valence-electron chi connectivity index (χ1n) is 6.38. The summed E-state index contributed by atoms with van der Waals surface area (Å²) in [6.07, 6.45) is 1.85.